The van der Waals surface area contributed by atoms with E-state index in [2.05, 4.69) is 5.16 Å². The van der Waals surface area contributed by atoms with Gasteiger partial charge in [0, 0.05) is 18.4 Å². The van der Waals surface area contributed by atoms with E-state index >= 15 is 0 Å². The summed E-state index contributed by atoms with van der Waals surface area (Å²) in [4.78, 5) is 5.39. The molecule has 1 atom stereocenters. The maximum atomic E-state index is 5.77. The zero-order valence-electron chi connectivity index (χ0n) is 11.8. The van der Waals surface area contributed by atoms with Crippen LogP contribution in [0.2, 0.25) is 0 Å². The molecular formula is C14H16ClNO5. The molecule has 6 nitrogen and oxygen atoms in total. The van der Waals surface area contributed by atoms with Crippen LogP contribution < -0.4 is 18.9 Å². The van der Waals surface area contributed by atoms with Gasteiger partial charge in [-0.15, -0.1) is 11.6 Å². The smallest absolute Gasteiger partial charge is 0.231 e. The summed E-state index contributed by atoms with van der Waals surface area (Å²) in [6.07, 6.45) is 1.28. The van der Waals surface area contributed by atoms with Gasteiger partial charge in [0.1, 0.15) is 6.10 Å². The third kappa shape index (κ3) is 2.55. The Kier molecular flexibility index (Phi) is 3.96. The number of halogens is 1. The quantitative estimate of drug-likeness (QED) is 0.781. The number of hydrogen-bond donors (Lipinski definition) is 0. The van der Waals surface area contributed by atoms with Gasteiger partial charge in [0.15, 0.2) is 11.5 Å². The van der Waals surface area contributed by atoms with Gasteiger partial charge in [-0.2, -0.15) is 0 Å². The number of nitrogens with zero attached hydrogens (tertiary/aromatic N) is 1. The third-order valence-electron chi connectivity index (χ3n) is 3.46. The number of alkyl halides is 1. The summed E-state index contributed by atoms with van der Waals surface area (Å²) in [6.45, 7) is 0.158. The Bertz CT molecular complexity index is 575. The number of benzene rings is 1. The average Bonchev–Trinajstić information content (AvgIpc) is 3.15. The fraction of sp³-hybridized carbons (Fsp3) is 0.500. The van der Waals surface area contributed by atoms with E-state index in [1.165, 1.54) is 0 Å². The van der Waals surface area contributed by atoms with Crippen molar-refractivity contribution in [3.63, 3.8) is 0 Å². The molecule has 0 aliphatic carbocycles. The van der Waals surface area contributed by atoms with Crippen molar-refractivity contribution in [3.8, 4) is 23.0 Å². The summed E-state index contributed by atoms with van der Waals surface area (Å²) in [5.74, 6) is 2.80. The molecule has 0 radical (unpaired) electrons. The largest absolute Gasteiger partial charge is 0.493 e. The van der Waals surface area contributed by atoms with Crippen molar-refractivity contribution in [2.24, 2.45) is 5.16 Å². The monoisotopic (exact) mass is 313 g/mol. The second-order valence-electron chi connectivity index (χ2n) is 4.76. The van der Waals surface area contributed by atoms with Gasteiger partial charge < -0.3 is 23.8 Å². The van der Waals surface area contributed by atoms with Crippen LogP contribution in [0.3, 0.4) is 0 Å². The molecule has 0 spiro atoms. The number of oxime groups is 1. The van der Waals surface area contributed by atoms with Crippen LogP contribution in [0, 0.1) is 0 Å². The van der Waals surface area contributed by atoms with Crippen LogP contribution in [0.1, 0.15) is 12.0 Å². The molecule has 114 valence electrons. The molecule has 2 aliphatic heterocycles. The van der Waals surface area contributed by atoms with Gasteiger partial charge in [0.25, 0.3) is 0 Å². The highest BCUT2D eigenvalue weighted by Crippen LogP contribution is 2.49. The van der Waals surface area contributed by atoms with Crippen LogP contribution in [0.4, 0.5) is 0 Å². The van der Waals surface area contributed by atoms with E-state index in [9.17, 15) is 0 Å². The Hall–Kier alpha value is -1.82. The fourth-order valence-corrected chi connectivity index (χ4v) is 2.67. The average molecular weight is 314 g/mol. The zero-order valence-corrected chi connectivity index (χ0v) is 12.6. The summed E-state index contributed by atoms with van der Waals surface area (Å²) in [5.41, 5.74) is 1.78. The van der Waals surface area contributed by atoms with Crippen molar-refractivity contribution in [1.29, 1.82) is 0 Å². The van der Waals surface area contributed by atoms with Crippen LogP contribution in [0.5, 0.6) is 23.0 Å². The molecule has 1 aromatic rings. The lowest BCUT2D eigenvalue weighted by atomic mass is 10.0. The number of fused-ring (bicyclic) bond motifs is 1. The first kappa shape index (κ1) is 14.1. The van der Waals surface area contributed by atoms with E-state index in [-0.39, 0.29) is 12.9 Å². The highest BCUT2D eigenvalue weighted by molar-refractivity contribution is 6.28. The van der Waals surface area contributed by atoms with Crippen LogP contribution in [-0.2, 0) is 11.3 Å². The van der Waals surface area contributed by atoms with E-state index in [1.54, 1.807) is 14.2 Å². The number of methoxy groups -OCH3 is 2. The van der Waals surface area contributed by atoms with Crippen LogP contribution in [0.15, 0.2) is 11.2 Å². The SMILES string of the molecule is COc1cc(C[C@H]2CC(CCl)=NO2)c(OC)c2c1OCO2. The summed E-state index contributed by atoms with van der Waals surface area (Å²) < 4.78 is 21.7. The maximum absolute atomic E-state index is 5.77. The minimum absolute atomic E-state index is 0.0577. The number of rotatable bonds is 5. The highest BCUT2D eigenvalue weighted by atomic mass is 35.5. The van der Waals surface area contributed by atoms with E-state index in [0.29, 0.717) is 41.7 Å². The zero-order chi connectivity index (χ0) is 14.8. The Morgan fingerprint density at radius 3 is 2.76 bits per heavy atom. The Morgan fingerprint density at radius 2 is 2.10 bits per heavy atom. The molecule has 2 aliphatic rings. The molecule has 0 saturated carbocycles. The Balaban J connectivity index is 1.88. The molecule has 1 aromatic carbocycles. The van der Waals surface area contributed by atoms with Gasteiger partial charge in [-0.05, 0) is 6.07 Å². The molecule has 0 fully saturated rings. The van der Waals surface area contributed by atoms with Crippen LogP contribution >= 0.6 is 11.6 Å². The minimum Gasteiger partial charge on any atom is -0.493 e. The summed E-state index contributed by atoms with van der Waals surface area (Å²) >= 11 is 5.77. The van der Waals surface area contributed by atoms with Gasteiger partial charge in [-0.1, -0.05) is 5.16 Å². The van der Waals surface area contributed by atoms with Gasteiger partial charge in [-0.25, -0.2) is 0 Å². The lowest BCUT2D eigenvalue weighted by Gasteiger charge is -2.15. The van der Waals surface area contributed by atoms with Crippen molar-refractivity contribution >= 4 is 17.3 Å². The first-order valence-corrected chi connectivity index (χ1v) is 7.11. The van der Waals surface area contributed by atoms with E-state index in [4.69, 9.17) is 35.4 Å². The van der Waals surface area contributed by atoms with Crippen LogP contribution in [0.25, 0.3) is 0 Å². The molecule has 2 heterocycles. The van der Waals surface area contributed by atoms with Crippen molar-refractivity contribution in [1.82, 2.24) is 0 Å². The molecule has 0 unspecified atom stereocenters. The number of hydrogen-bond acceptors (Lipinski definition) is 6. The van der Waals surface area contributed by atoms with Crippen molar-refractivity contribution in [3.05, 3.63) is 11.6 Å². The topological polar surface area (TPSA) is 58.5 Å². The normalized spacial score (nSPS) is 19.2. The number of ether oxygens (including phenoxy) is 4. The molecule has 0 N–H and O–H groups in total. The minimum atomic E-state index is -0.0577. The van der Waals surface area contributed by atoms with Gasteiger partial charge in [-0.3, -0.25) is 0 Å². The Labute approximate surface area is 127 Å². The van der Waals surface area contributed by atoms with Gasteiger partial charge >= 0.3 is 0 Å². The molecule has 21 heavy (non-hydrogen) atoms. The molecule has 0 saturated heterocycles. The maximum Gasteiger partial charge on any atom is 0.231 e. The van der Waals surface area contributed by atoms with Crippen molar-refractivity contribution < 1.29 is 23.8 Å². The first-order valence-electron chi connectivity index (χ1n) is 6.57. The summed E-state index contributed by atoms with van der Waals surface area (Å²) in [6, 6.07) is 1.88. The fourth-order valence-electron chi connectivity index (χ4n) is 2.51. The third-order valence-corrected chi connectivity index (χ3v) is 3.77. The van der Waals surface area contributed by atoms with E-state index in [1.807, 2.05) is 6.07 Å². The predicted octanol–water partition coefficient (Wildman–Crippen LogP) is 2.36. The van der Waals surface area contributed by atoms with E-state index < -0.39 is 0 Å². The second kappa shape index (κ2) is 5.89. The molecule has 7 heteroatoms. The summed E-state index contributed by atoms with van der Waals surface area (Å²) in [7, 11) is 3.19. The molecule has 3 rings (SSSR count). The first-order chi connectivity index (χ1) is 10.3. The van der Waals surface area contributed by atoms with E-state index in [0.717, 1.165) is 11.3 Å². The molecule has 0 amide bonds. The molecule has 0 aromatic heterocycles. The Morgan fingerprint density at radius 1 is 1.29 bits per heavy atom. The summed E-state index contributed by atoms with van der Waals surface area (Å²) in [5, 5.41) is 3.96. The van der Waals surface area contributed by atoms with Crippen molar-refractivity contribution in [2.45, 2.75) is 18.9 Å². The second-order valence-corrected chi connectivity index (χ2v) is 5.03. The molecule has 0 bridgehead atoms. The van der Waals surface area contributed by atoms with Crippen LogP contribution in [-0.4, -0.2) is 38.7 Å². The van der Waals surface area contributed by atoms with Crippen molar-refractivity contribution in [2.75, 3.05) is 26.9 Å². The highest BCUT2D eigenvalue weighted by Gasteiger charge is 2.29. The predicted molar refractivity (Wildman–Crippen MR) is 77.0 cm³/mol. The standard InChI is InChI=1S/C14H16ClNO5/c1-17-11-4-8(3-10-5-9(6-15)16-21-10)12(18-2)14-13(11)19-7-20-14/h4,10H,3,5-7H2,1-2H3/t10-/m0/s1. The van der Waals surface area contributed by atoms with Gasteiger partial charge in [0.05, 0.1) is 25.8 Å². The lowest BCUT2D eigenvalue weighted by Crippen LogP contribution is -2.13. The van der Waals surface area contributed by atoms with Gasteiger partial charge in [0.2, 0.25) is 18.3 Å². The lowest BCUT2D eigenvalue weighted by molar-refractivity contribution is 0.0853. The molecular weight excluding hydrogens is 298 g/mol.